The van der Waals surface area contributed by atoms with Crippen LogP contribution in [-0.4, -0.2) is 12.8 Å². The first-order valence-electron chi connectivity index (χ1n) is 5.06. The summed E-state index contributed by atoms with van der Waals surface area (Å²) in [6.07, 6.45) is 0.558. The van der Waals surface area contributed by atoms with Gasteiger partial charge in [0.05, 0.1) is 6.61 Å². The average molecular weight is 222 g/mol. The predicted molar refractivity (Wildman–Crippen MR) is 62.9 cm³/mol. The van der Waals surface area contributed by atoms with Gasteiger partial charge in [-0.1, -0.05) is 23.8 Å². The van der Waals surface area contributed by atoms with Gasteiger partial charge < -0.3 is 4.52 Å². The molecular formula is C12H15O2P. The molecule has 1 atom stereocenters. The number of rotatable bonds is 1. The van der Waals surface area contributed by atoms with Crippen LogP contribution in [0.3, 0.4) is 0 Å². The van der Waals surface area contributed by atoms with Crippen molar-refractivity contribution in [1.29, 1.82) is 0 Å². The summed E-state index contributed by atoms with van der Waals surface area (Å²) in [6, 6.07) is 9.49. The number of hydrogen-bond donors (Lipinski definition) is 0. The van der Waals surface area contributed by atoms with Gasteiger partial charge in [0.1, 0.15) is 0 Å². The standard InChI is InChI=1S/C12H15O2P/c1-10-8-14-15(13,9-11(10)2)12-6-4-3-5-7-12/h3-7H,8-9H2,1-2H3. The highest BCUT2D eigenvalue weighted by Gasteiger charge is 2.30. The van der Waals surface area contributed by atoms with Gasteiger partial charge in [0.25, 0.3) is 0 Å². The van der Waals surface area contributed by atoms with Gasteiger partial charge in [0.15, 0.2) is 0 Å². The maximum absolute atomic E-state index is 12.5. The first-order valence-corrected chi connectivity index (χ1v) is 6.87. The van der Waals surface area contributed by atoms with E-state index in [9.17, 15) is 4.57 Å². The van der Waals surface area contributed by atoms with Crippen molar-refractivity contribution in [2.75, 3.05) is 12.8 Å². The molecule has 2 rings (SSSR count). The lowest BCUT2D eigenvalue weighted by atomic mass is 10.2. The summed E-state index contributed by atoms with van der Waals surface area (Å²) in [7, 11) is -2.62. The summed E-state index contributed by atoms with van der Waals surface area (Å²) in [5.74, 6) is 0. The highest BCUT2D eigenvalue weighted by molar-refractivity contribution is 7.67. The third-order valence-electron chi connectivity index (χ3n) is 2.81. The Morgan fingerprint density at radius 1 is 1.13 bits per heavy atom. The van der Waals surface area contributed by atoms with Crippen molar-refractivity contribution >= 4 is 12.7 Å². The summed E-state index contributed by atoms with van der Waals surface area (Å²) >= 11 is 0. The van der Waals surface area contributed by atoms with Gasteiger partial charge in [-0.05, 0) is 31.6 Å². The van der Waals surface area contributed by atoms with E-state index in [1.165, 1.54) is 11.1 Å². The van der Waals surface area contributed by atoms with E-state index in [0.29, 0.717) is 12.8 Å². The van der Waals surface area contributed by atoms with Crippen molar-refractivity contribution in [3.63, 3.8) is 0 Å². The fraction of sp³-hybridized carbons (Fsp3) is 0.333. The van der Waals surface area contributed by atoms with Crippen LogP contribution < -0.4 is 5.30 Å². The molecule has 0 fully saturated rings. The second-order valence-corrected chi connectivity index (χ2v) is 6.44. The monoisotopic (exact) mass is 222 g/mol. The van der Waals surface area contributed by atoms with Crippen LogP contribution in [-0.2, 0) is 9.09 Å². The van der Waals surface area contributed by atoms with Gasteiger partial charge in [-0.3, -0.25) is 4.57 Å². The third kappa shape index (κ3) is 2.06. The summed E-state index contributed by atoms with van der Waals surface area (Å²) in [4.78, 5) is 0. The zero-order chi connectivity index (χ0) is 10.9. The molecule has 0 saturated carbocycles. The normalized spacial score (nSPS) is 26.8. The van der Waals surface area contributed by atoms with Crippen LogP contribution in [0.2, 0.25) is 0 Å². The van der Waals surface area contributed by atoms with Crippen LogP contribution in [0.5, 0.6) is 0 Å². The molecule has 1 unspecified atom stereocenters. The molecule has 15 heavy (non-hydrogen) atoms. The van der Waals surface area contributed by atoms with Crippen LogP contribution in [0, 0.1) is 0 Å². The predicted octanol–water partition coefficient (Wildman–Crippen LogP) is 2.96. The first kappa shape index (κ1) is 10.7. The molecule has 1 heterocycles. The molecular weight excluding hydrogens is 207 g/mol. The molecule has 0 saturated heterocycles. The Labute approximate surface area is 90.4 Å². The average Bonchev–Trinajstić information content (AvgIpc) is 2.26. The van der Waals surface area contributed by atoms with E-state index < -0.39 is 7.37 Å². The minimum absolute atomic E-state index is 0.498. The van der Waals surface area contributed by atoms with E-state index in [1.54, 1.807) is 0 Å². The Morgan fingerprint density at radius 2 is 1.80 bits per heavy atom. The number of hydrogen-bond acceptors (Lipinski definition) is 2. The fourth-order valence-electron chi connectivity index (χ4n) is 1.64. The molecule has 0 bridgehead atoms. The zero-order valence-electron chi connectivity index (χ0n) is 9.06. The van der Waals surface area contributed by atoms with E-state index in [1.807, 2.05) is 44.2 Å². The first-order chi connectivity index (χ1) is 7.12. The molecule has 2 nitrogen and oxygen atoms in total. The maximum atomic E-state index is 12.5. The molecule has 1 aliphatic heterocycles. The van der Waals surface area contributed by atoms with Crippen LogP contribution in [0.15, 0.2) is 41.5 Å². The maximum Gasteiger partial charge on any atom is 0.236 e. The van der Waals surface area contributed by atoms with Gasteiger partial charge in [-0.25, -0.2) is 0 Å². The van der Waals surface area contributed by atoms with Crippen molar-refractivity contribution in [1.82, 2.24) is 0 Å². The quantitative estimate of drug-likeness (QED) is 0.539. The SMILES string of the molecule is CC1=C(C)CP(=O)(c2ccccc2)OC1. The van der Waals surface area contributed by atoms with Gasteiger partial charge in [-0.2, -0.15) is 0 Å². The Kier molecular flexibility index (Phi) is 2.81. The second kappa shape index (κ2) is 3.96. The smallest absolute Gasteiger partial charge is 0.236 e. The molecule has 0 radical (unpaired) electrons. The highest BCUT2D eigenvalue weighted by atomic mass is 31.2. The van der Waals surface area contributed by atoms with Crippen molar-refractivity contribution in [3.8, 4) is 0 Å². The summed E-state index contributed by atoms with van der Waals surface area (Å²) in [5, 5.41) is 0.830. The van der Waals surface area contributed by atoms with Crippen molar-refractivity contribution in [3.05, 3.63) is 41.5 Å². The molecule has 1 aromatic rings. The number of benzene rings is 1. The van der Waals surface area contributed by atoms with E-state index in [-0.39, 0.29) is 0 Å². The van der Waals surface area contributed by atoms with Crippen LogP contribution in [0.4, 0.5) is 0 Å². The minimum atomic E-state index is -2.62. The molecule has 0 spiro atoms. The van der Waals surface area contributed by atoms with E-state index >= 15 is 0 Å². The van der Waals surface area contributed by atoms with Crippen molar-refractivity contribution in [2.24, 2.45) is 0 Å². The molecule has 0 aromatic heterocycles. The van der Waals surface area contributed by atoms with E-state index in [2.05, 4.69) is 0 Å². The Hall–Kier alpha value is -0.850. The largest absolute Gasteiger partial charge is 0.321 e. The van der Waals surface area contributed by atoms with Gasteiger partial charge in [0.2, 0.25) is 7.37 Å². The molecule has 0 N–H and O–H groups in total. The van der Waals surface area contributed by atoms with E-state index in [4.69, 9.17) is 4.52 Å². The van der Waals surface area contributed by atoms with Gasteiger partial charge in [0, 0.05) is 11.5 Å². The lowest BCUT2D eigenvalue weighted by molar-refractivity contribution is 0.344. The lowest BCUT2D eigenvalue weighted by Gasteiger charge is -2.25. The molecule has 0 amide bonds. The Morgan fingerprint density at radius 3 is 2.40 bits per heavy atom. The second-order valence-electron chi connectivity index (χ2n) is 4.00. The van der Waals surface area contributed by atoms with Crippen molar-refractivity contribution < 1.29 is 9.09 Å². The van der Waals surface area contributed by atoms with Gasteiger partial charge >= 0.3 is 0 Å². The third-order valence-corrected chi connectivity index (χ3v) is 5.33. The summed E-state index contributed by atoms with van der Waals surface area (Å²) in [6.45, 7) is 4.56. The molecule has 1 aliphatic rings. The molecule has 3 heteroatoms. The van der Waals surface area contributed by atoms with E-state index in [0.717, 1.165) is 5.30 Å². The topological polar surface area (TPSA) is 26.3 Å². The Bertz CT molecular complexity index is 434. The van der Waals surface area contributed by atoms with Crippen molar-refractivity contribution in [2.45, 2.75) is 13.8 Å². The Balaban J connectivity index is 2.35. The fourth-order valence-corrected chi connectivity index (χ4v) is 3.98. The number of allylic oxidation sites excluding steroid dienone is 1. The van der Waals surface area contributed by atoms with Crippen LogP contribution >= 0.6 is 7.37 Å². The molecule has 0 aliphatic carbocycles. The highest BCUT2D eigenvalue weighted by Crippen LogP contribution is 2.50. The molecule has 80 valence electrons. The van der Waals surface area contributed by atoms with Gasteiger partial charge in [-0.15, -0.1) is 0 Å². The zero-order valence-corrected chi connectivity index (χ0v) is 9.96. The molecule has 1 aromatic carbocycles. The summed E-state index contributed by atoms with van der Waals surface area (Å²) in [5.41, 5.74) is 2.41. The minimum Gasteiger partial charge on any atom is -0.321 e. The van der Waals surface area contributed by atoms with Crippen LogP contribution in [0.25, 0.3) is 0 Å². The lowest BCUT2D eigenvalue weighted by Crippen LogP contribution is -2.17. The summed E-state index contributed by atoms with van der Waals surface area (Å²) < 4.78 is 18.1. The van der Waals surface area contributed by atoms with Crippen LogP contribution in [0.1, 0.15) is 13.8 Å².